The molecule has 0 saturated heterocycles. The van der Waals surface area contributed by atoms with Crippen molar-refractivity contribution in [1.29, 1.82) is 0 Å². The van der Waals surface area contributed by atoms with Crippen molar-refractivity contribution < 1.29 is 29.8 Å². The van der Waals surface area contributed by atoms with Crippen LogP contribution in [0.3, 0.4) is 0 Å². The average molecular weight is 296 g/mol. The number of Topliss-reactive ketones (excluding diaryl/α,β-unsaturated/α-hetero) is 1. The largest absolute Gasteiger partial charge is 0.481 e. The Hall–Kier alpha value is -2.97. The minimum atomic E-state index is -1.83. The van der Waals surface area contributed by atoms with Gasteiger partial charge in [0.2, 0.25) is 0 Å². The maximum atomic E-state index is 11.5. The van der Waals surface area contributed by atoms with Crippen LogP contribution >= 0.6 is 0 Å². The standard InChI is InChI=1S/C12H12N2O7/c1-6(15)8(11(16)17)9(7-2-4-13-5-3-7)10(12(18)19)14(20)21/h2-5,8-9,18-19H,1H3,(H,16,17). The van der Waals surface area contributed by atoms with E-state index in [9.17, 15) is 19.7 Å². The number of aliphatic hydroxyl groups is 2. The Morgan fingerprint density at radius 1 is 1.24 bits per heavy atom. The van der Waals surface area contributed by atoms with E-state index in [1.54, 1.807) is 0 Å². The highest BCUT2D eigenvalue weighted by atomic mass is 16.6. The Bertz CT molecular complexity index is 579. The highest BCUT2D eigenvalue weighted by molar-refractivity contribution is 5.98. The maximum absolute atomic E-state index is 11.5. The number of pyridine rings is 1. The van der Waals surface area contributed by atoms with Gasteiger partial charge in [0.25, 0.3) is 0 Å². The zero-order valence-electron chi connectivity index (χ0n) is 10.8. The first-order valence-electron chi connectivity index (χ1n) is 5.67. The van der Waals surface area contributed by atoms with Crippen LogP contribution in [0.1, 0.15) is 18.4 Å². The summed E-state index contributed by atoms with van der Waals surface area (Å²) >= 11 is 0. The van der Waals surface area contributed by atoms with Crippen molar-refractivity contribution in [3.63, 3.8) is 0 Å². The summed E-state index contributed by atoms with van der Waals surface area (Å²) in [7, 11) is 0. The molecule has 0 saturated carbocycles. The molecule has 9 heteroatoms. The second-order valence-electron chi connectivity index (χ2n) is 4.15. The molecule has 1 aromatic rings. The van der Waals surface area contributed by atoms with Gasteiger partial charge in [-0.3, -0.25) is 24.7 Å². The summed E-state index contributed by atoms with van der Waals surface area (Å²) in [6.45, 7) is 0.957. The van der Waals surface area contributed by atoms with Crippen LogP contribution in [0.15, 0.2) is 36.2 Å². The molecule has 0 aliphatic rings. The molecule has 112 valence electrons. The van der Waals surface area contributed by atoms with Gasteiger partial charge in [0.05, 0.1) is 4.92 Å². The Morgan fingerprint density at radius 2 is 1.76 bits per heavy atom. The van der Waals surface area contributed by atoms with Crippen molar-refractivity contribution in [1.82, 2.24) is 4.98 Å². The van der Waals surface area contributed by atoms with Gasteiger partial charge in [-0.1, -0.05) is 0 Å². The Labute approximate surface area is 118 Å². The third-order valence-corrected chi connectivity index (χ3v) is 2.82. The second kappa shape index (κ2) is 6.46. The molecule has 2 atom stereocenters. The molecule has 0 aromatic carbocycles. The first kappa shape index (κ1) is 16.1. The molecule has 0 fully saturated rings. The number of carboxylic acids is 1. The summed E-state index contributed by atoms with van der Waals surface area (Å²) in [5.74, 6) is -7.59. The number of rotatable bonds is 6. The van der Waals surface area contributed by atoms with Crippen LogP contribution in [0.2, 0.25) is 0 Å². The van der Waals surface area contributed by atoms with Crippen molar-refractivity contribution in [2.45, 2.75) is 12.8 Å². The van der Waals surface area contributed by atoms with Gasteiger partial charge >= 0.3 is 17.6 Å². The quantitative estimate of drug-likeness (QED) is 0.304. The molecule has 1 heterocycles. The number of aliphatic carboxylic acids is 1. The number of ketones is 1. The number of allylic oxidation sites excluding steroid dienone is 1. The Balaban J connectivity index is 3.58. The summed E-state index contributed by atoms with van der Waals surface area (Å²) in [5, 5.41) is 38.4. The van der Waals surface area contributed by atoms with Crippen molar-refractivity contribution in [2.75, 3.05) is 0 Å². The molecule has 0 aliphatic heterocycles. The van der Waals surface area contributed by atoms with E-state index in [0.717, 1.165) is 6.92 Å². The lowest BCUT2D eigenvalue weighted by Crippen LogP contribution is -2.32. The zero-order valence-corrected chi connectivity index (χ0v) is 10.8. The normalized spacial score (nSPS) is 13.0. The van der Waals surface area contributed by atoms with Gasteiger partial charge in [0, 0.05) is 12.4 Å². The van der Waals surface area contributed by atoms with Gasteiger partial charge in [-0.05, 0) is 24.6 Å². The van der Waals surface area contributed by atoms with E-state index < -0.39 is 40.2 Å². The predicted molar refractivity (Wildman–Crippen MR) is 68.1 cm³/mol. The number of carboxylic acid groups (broad SMARTS) is 1. The molecule has 0 bridgehead atoms. The molecule has 0 amide bonds. The zero-order chi connectivity index (χ0) is 16.2. The predicted octanol–water partition coefficient (Wildman–Crippen LogP) is 1.02. The number of nitrogens with zero attached hydrogens (tertiary/aromatic N) is 2. The lowest BCUT2D eigenvalue weighted by Gasteiger charge is -2.19. The van der Waals surface area contributed by atoms with E-state index in [0.29, 0.717) is 0 Å². The van der Waals surface area contributed by atoms with E-state index in [4.69, 9.17) is 15.3 Å². The summed E-state index contributed by atoms with van der Waals surface area (Å²) in [6.07, 6.45) is 2.49. The number of aromatic nitrogens is 1. The molecule has 1 aromatic heterocycles. The van der Waals surface area contributed by atoms with Crippen molar-refractivity contribution in [2.24, 2.45) is 5.92 Å². The van der Waals surface area contributed by atoms with Crippen LogP contribution in [0, 0.1) is 16.0 Å². The molecule has 0 radical (unpaired) electrons. The van der Waals surface area contributed by atoms with Crippen molar-refractivity contribution in [3.05, 3.63) is 51.8 Å². The molecular weight excluding hydrogens is 284 g/mol. The molecule has 0 spiro atoms. The third kappa shape index (κ3) is 3.53. The minimum Gasteiger partial charge on any atom is -0.481 e. The van der Waals surface area contributed by atoms with Gasteiger partial charge in [-0.2, -0.15) is 0 Å². The van der Waals surface area contributed by atoms with Crippen LogP contribution in [0.4, 0.5) is 0 Å². The van der Waals surface area contributed by atoms with Crippen LogP contribution < -0.4 is 0 Å². The molecule has 9 nitrogen and oxygen atoms in total. The van der Waals surface area contributed by atoms with Gasteiger partial charge < -0.3 is 15.3 Å². The van der Waals surface area contributed by atoms with Crippen LogP contribution in [0.25, 0.3) is 0 Å². The number of carbonyl (C=O) groups excluding carboxylic acids is 1. The SMILES string of the molecule is CC(=O)C(C(=O)O)C(C(=C(O)O)[N+](=O)[O-])c1ccncc1. The van der Waals surface area contributed by atoms with E-state index >= 15 is 0 Å². The first-order chi connectivity index (χ1) is 9.77. The van der Waals surface area contributed by atoms with Gasteiger partial charge in [-0.25, -0.2) is 0 Å². The van der Waals surface area contributed by atoms with E-state index in [2.05, 4.69) is 4.98 Å². The number of aliphatic hydroxyl groups excluding tert-OH is 1. The highest BCUT2D eigenvalue weighted by Gasteiger charge is 2.44. The van der Waals surface area contributed by atoms with Gasteiger partial charge in [0.15, 0.2) is 0 Å². The third-order valence-electron chi connectivity index (χ3n) is 2.82. The number of carbonyl (C=O) groups is 2. The molecular formula is C12H12N2O7. The maximum Gasteiger partial charge on any atom is 0.351 e. The smallest absolute Gasteiger partial charge is 0.351 e. The average Bonchev–Trinajstić information content (AvgIpc) is 2.37. The number of hydrogen-bond acceptors (Lipinski definition) is 7. The Morgan fingerprint density at radius 3 is 2.10 bits per heavy atom. The van der Waals surface area contributed by atoms with Crippen LogP contribution in [0.5, 0.6) is 0 Å². The fourth-order valence-corrected chi connectivity index (χ4v) is 1.96. The minimum absolute atomic E-state index is 0.0555. The summed E-state index contributed by atoms with van der Waals surface area (Å²) in [4.78, 5) is 36.4. The van der Waals surface area contributed by atoms with Gasteiger partial charge in [0.1, 0.15) is 17.6 Å². The molecule has 1 rings (SSSR count). The molecule has 0 aliphatic carbocycles. The second-order valence-corrected chi connectivity index (χ2v) is 4.15. The topological polar surface area (TPSA) is 151 Å². The Kier molecular flexibility index (Phi) is 4.95. The van der Waals surface area contributed by atoms with Crippen molar-refractivity contribution >= 4 is 11.8 Å². The fraction of sp³-hybridized carbons (Fsp3) is 0.250. The first-order valence-corrected chi connectivity index (χ1v) is 5.67. The summed E-state index contributed by atoms with van der Waals surface area (Å²) < 4.78 is 0. The lowest BCUT2D eigenvalue weighted by molar-refractivity contribution is -0.436. The molecule has 2 unspecified atom stereocenters. The van der Waals surface area contributed by atoms with Gasteiger partial charge in [-0.15, -0.1) is 0 Å². The van der Waals surface area contributed by atoms with E-state index in [1.807, 2.05) is 0 Å². The number of nitro groups is 1. The summed E-state index contributed by atoms with van der Waals surface area (Å²) in [5.41, 5.74) is -1.11. The summed E-state index contributed by atoms with van der Waals surface area (Å²) in [6, 6.07) is 2.52. The lowest BCUT2D eigenvalue weighted by atomic mass is 9.81. The fourth-order valence-electron chi connectivity index (χ4n) is 1.96. The highest BCUT2D eigenvalue weighted by Crippen LogP contribution is 2.34. The van der Waals surface area contributed by atoms with Crippen molar-refractivity contribution in [3.8, 4) is 0 Å². The monoisotopic (exact) mass is 296 g/mol. The van der Waals surface area contributed by atoms with E-state index in [1.165, 1.54) is 24.5 Å². The molecule has 21 heavy (non-hydrogen) atoms. The number of hydrogen-bond donors (Lipinski definition) is 3. The van der Waals surface area contributed by atoms with Crippen LogP contribution in [-0.4, -0.2) is 37.0 Å². The van der Waals surface area contributed by atoms with Crippen LogP contribution in [-0.2, 0) is 9.59 Å². The molecule has 3 N–H and O–H groups in total. The van der Waals surface area contributed by atoms with E-state index in [-0.39, 0.29) is 5.56 Å².